The number of nitrogens with two attached hydrogens (primary N) is 1. The van der Waals surface area contributed by atoms with E-state index in [1.165, 1.54) is 32.8 Å². The molecule has 0 amide bonds. The van der Waals surface area contributed by atoms with Crippen molar-refractivity contribution < 1.29 is 9.53 Å². The van der Waals surface area contributed by atoms with Gasteiger partial charge in [0.05, 0.1) is 7.11 Å². The van der Waals surface area contributed by atoms with E-state index in [1.807, 2.05) is 31.2 Å². The van der Waals surface area contributed by atoms with Gasteiger partial charge in [-0.15, -0.1) is 0 Å². The Morgan fingerprint density at radius 3 is 2.55 bits per heavy atom. The van der Waals surface area contributed by atoms with E-state index in [2.05, 4.69) is 0 Å². The minimum Gasteiger partial charge on any atom is -0.468 e. The van der Waals surface area contributed by atoms with E-state index in [0.717, 1.165) is 17.5 Å². The molecule has 2 rings (SSSR count). The SMILES string of the molecule is COC(=O)C(CN)(CC1CCCC1)c1ccccc1C. The monoisotopic (exact) mass is 275 g/mol. The van der Waals surface area contributed by atoms with E-state index >= 15 is 0 Å². The maximum Gasteiger partial charge on any atom is 0.317 e. The first kappa shape index (κ1) is 15.0. The largest absolute Gasteiger partial charge is 0.468 e. The number of hydrogen-bond acceptors (Lipinski definition) is 3. The first-order valence-electron chi connectivity index (χ1n) is 7.48. The average molecular weight is 275 g/mol. The number of carbonyl (C=O) groups excluding carboxylic acids is 1. The van der Waals surface area contributed by atoms with Gasteiger partial charge in [-0.05, 0) is 30.4 Å². The van der Waals surface area contributed by atoms with Gasteiger partial charge in [0.15, 0.2) is 0 Å². The topological polar surface area (TPSA) is 52.3 Å². The number of esters is 1. The summed E-state index contributed by atoms with van der Waals surface area (Å²) in [4.78, 5) is 12.5. The van der Waals surface area contributed by atoms with Crippen LogP contribution in [-0.4, -0.2) is 19.6 Å². The molecule has 3 nitrogen and oxygen atoms in total. The van der Waals surface area contributed by atoms with Gasteiger partial charge in [0.2, 0.25) is 0 Å². The fraction of sp³-hybridized carbons (Fsp3) is 0.588. The highest BCUT2D eigenvalue weighted by atomic mass is 16.5. The Morgan fingerprint density at radius 2 is 2.00 bits per heavy atom. The van der Waals surface area contributed by atoms with Crippen LogP contribution in [0.15, 0.2) is 24.3 Å². The lowest BCUT2D eigenvalue weighted by Gasteiger charge is -2.33. The van der Waals surface area contributed by atoms with Crippen molar-refractivity contribution in [2.75, 3.05) is 13.7 Å². The zero-order valence-electron chi connectivity index (χ0n) is 12.5. The van der Waals surface area contributed by atoms with Crippen LogP contribution >= 0.6 is 0 Å². The molecule has 110 valence electrons. The van der Waals surface area contributed by atoms with Gasteiger partial charge in [-0.3, -0.25) is 4.79 Å². The second-order valence-electron chi connectivity index (χ2n) is 5.95. The van der Waals surface area contributed by atoms with Crippen LogP contribution in [0.4, 0.5) is 0 Å². The van der Waals surface area contributed by atoms with E-state index in [4.69, 9.17) is 10.5 Å². The van der Waals surface area contributed by atoms with Crippen molar-refractivity contribution in [3.63, 3.8) is 0 Å². The molecule has 1 saturated carbocycles. The number of benzene rings is 1. The van der Waals surface area contributed by atoms with Crippen LogP contribution in [0.2, 0.25) is 0 Å². The number of rotatable bonds is 5. The summed E-state index contributed by atoms with van der Waals surface area (Å²) < 4.78 is 5.11. The quantitative estimate of drug-likeness (QED) is 0.841. The van der Waals surface area contributed by atoms with Crippen LogP contribution in [0.25, 0.3) is 0 Å². The lowest BCUT2D eigenvalue weighted by atomic mass is 9.72. The molecule has 1 unspecified atom stereocenters. The van der Waals surface area contributed by atoms with Crippen molar-refractivity contribution in [2.24, 2.45) is 11.7 Å². The molecule has 0 bridgehead atoms. The molecular weight excluding hydrogens is 250 g/mol. The van der Waals surface area contributed by atoms with Gasteiger partial charge in [-0.1, -0.05) is 49.9 Å². The van der Waals surface area contributed by atoms with Crippen molar-refractivity contribution in [2.45, 2.75) is 44.4 Å². The van der Waals surface area contributed by atoms with Crippen molar-refractivity contribution in [1.82, 2.24) is 0 Å². The first-order valence-corrected chi connectivity index (χ1v) is 7.48. The van der Waals surface area contributed by atoms with Crippen LogP contribution in [0.1, 0.15) is 43.2 Å². The number of aryl methyl sites for hydroxylation is 1. The molecule has 0 radical (unpaired) electrons. The molecule has 3 heteroatoms. The van der Waals surface area contributed by atoms with Gasteiger partial charge in [0, 0.05) is 6.54 Å². The minimum atomic E-state index is -0.685. The summed E-state index contributed by atoms with van der Waals surface area (Å²) in [5.74, 6) is 0.387. The zero-order valence-corrected chi connectivity index (χ0v) is 12.5. The molecule has 1 aliphatic rings. The summed E-state index contributed by atoms with van der Waals surface area (Å²) in [5, 5.41) is 0. The molecule has 0 aromatic heterocycles. The summed E-state index contributed by atoms with van der Waals surface area (Å²) in [6.07, 6.45) is 5.73. The maximum atomic E-state index is 12.5. The smallest absolute Gasteiger partial charge is 0.317 e. The third-order valence-electron chi connectivity index (χ3n) is 4.70. The Balaban J connectivity index is 2.41. The fourth-order valence-corrected chi connectivity index (χ4v) is 3.59. The summed E-state index contributed by atoms with van der Waals surface area (Å²) in [5.41, 5.74) is 7.52. The number of ether oxygens (including phenoxy) is 1. The van der Waals surface area contributed by atoms with Gasteiger partial charge in [-0.2, -0.15) is 0 Å². The molecule has 1 fully saturated rings. The lowest BCUT2D eigenvalue weighted by molar-refractivity contribution is -0.148. The molecule has 1 aliphatic carbocycles. The van der Waals surface area contributed by atoms with Gasteiger partial charge in [0.1, 0.15) is 5.41 Å². The molecule has 20 heavy (non-hydrogen) atoms. The van der Waals surface area contributed by atoms with Crippen molar-refractivity contribution in [1.29, 1.82) is 0 Å². The van der Waals surface area contributed by atoms with Crippen molar-refractivity contribution in [3.05, 3.63) is 35.4 Å². The summed E-state index contributed by atoms with van der Waals surface area (Å²) in [6, 6.07) is 8.03. The Labute approximate surface area is 121 Å². The Bertz CT molecular complexity index is 466. The Kier molecular flexibility index (Phi) is 4.81. The molecular formula is C17H25NO2. The summed E-state index contributed by atoms with van der Waals surface area (Å²) in [6.45, 7) is 2.35. The molecule has 0 heterocycles. The van der Waals surface area contributed by atoms with Gasteiger partial charge >= 0.3 is 5.97 Å². The molecule has 0 saturated heterocycles. The van der Waals surface area contributed by atoms with Crippen molar-refractivity contribution >= 4 is 5.97 Å². The summed E-state index contributed by atoms with van der Waals surface area (Å²) in [7, 11) is 1.46. The van der Waals surface area contributed by atoms with E-state index in [1.54, 1.807) is 0 Å². The second-order valence-corrected chi connectivity index (χ2v) is 5.95. The fourth-order valence-electron chi connectivity index (χ4n) is 3.59. The van der Waals surface area contributed by atoms with Crippen LogP contribution in [0, 0.1) is 12.8 Å². The minimum absolute atomic E-state index is 0.193. The zero-order chi connectivity index (χ0) is 14.6. The predicted octanol–water partition coefficient (Wildman–Crippen LogP) is 2.94. The lowest BCUT2D eigenvalue weighted by Crippen LogP contribution is -2.45. The van der Waals surface area contributed by atoms with E-state index in [-0.39, 0.29) is 5.97 Å². The van der Waals surface area contributed by atoms with Crippen LogP contribution in [-0.2, 0) is 14.9 Å². The van der Waals surface area contributed by atoms with Gasteiger partial charge in [-0.25, -0.2) is 0 Å². The van der Waals surface area contributed by atoms with Crippen LogP contribution in [0.3, 0.4) is 0 Å². The number of hydrogen-bond donors (Lipinski definition) is 1. The third kappa shape index (κ3) is 2.73. The highest BCUT2D eigenvalue weighted by molar-refractivity contribution is 5.84. The molecule has 1 aromatic carbocycles. The van der Waals surface area contributed by atoms with E-state index in [9.17, 15) is 4.79 Å². The van der Waals surface area contributed by atoms with Gasteiger partial charge < -0.3 is 10.5 Å². The second kappa shape index (κ2) is 6.40. The molecule has 1 aromatic rings. The number of methoxy groups -OCH3 is 1. The van der Waals surface area contributed by atoms with Crippen LogP contribution in [0.5, 0.6) is 0 Å². The Hall–Kier alpha value is -1.35. The maximum absolute atomic E-state index is 12.5. The highest BCUT2D eigenvalue weighted by Gasteiger charge is 2.43. The van der Waals surface area contributed by atoms with E-state index in [0.29, 0.717) is 12.5 Å². The van der Waals surface area contributed by atoms with E-state index < -0.39 is 5.41 Å². The first-order chi connectivity index (χ1) is 9.64. The molecule has 2 N–H and O–H groups in total. The third-order valence-corrected chi connectivity index (χ3v) is 4.70. The summed E-state index contributed by atoms with van der Waals surface area (Å²) >= 11 is 0. The number of carbonyl (C=O) groups is 1. The normalized spacial score (nSPS) is 18.8. The standard InChI is InChI=1S/C17H25NO2/c1-13-7-3-6-10-15(13)17(12-18,16(19)20-2)11-14-8-4-5-9-14/h3,6-7,10,14H,4-5,8-9,11-12,18H2,1-2H3. The van der Waals surface area contributed by atoms with Gasteiger partial charge in [0.25, 0.3) is 0 Å². The van der Waals surface area contributed by atoms with Crippen LogP contribution < -0.4 is 5.73 Å². The molecule has 0 aliphatic heterocycles. The molecule has 0 spiro atoms. The molecule has 1 atom stereocenters. The van der Waals surface area contributed by atoms with Crippen molar-refractivity contribution in [3.8, 4) is 0 Å². The average Bonchev–Trinajstić information content (AvgIpc) is 2.97. The Morgan fingerprint density at radius 1 is 1.35 bits per heavy atom. The predicted molar refractivity (Wildman–Crippen MR) is 80.5 cm³/mol. The highest BCUT2D eigenvalue weighted by Crippen LogP contribution is 2.39.